The van der Waals surface area contributed by atoms with Gasteiger partial charge in [-0.2, -0.15) is 0 Å². The first-order valence-corrected chi connectivity index (χ1v) is 10.3. The molecule has 28 heavy (non-hydrogen) atoms. The van der Waals surface area contributed by atoms with E-state index in [0.717, 1.165) is 37.9 Å². The Hall–Kier alpha value is -2.57. The Morgan fingerprint density at radius 2 is 1.82 bits per heavy atom. The molecule has 0 saturated carbocycles. The first kappa shape index (κ1) is 20.2. The van der Waals surface area contributed by atoms with Crippen molar-refractivity contribution in [3.8, 4) is 0 Å². The minimum Gasteiger partial charge on any atom is -0.468 e. The van der Waals surface area contributed by atoms with Crippen LogP contribution in [0, 0.1) is 6.92 Å². The van der Waals surface area contributed by atoms with Gasteiger partial charge < -0.3 is 15.1 Å². The fraction of sp³-hybridized carbons (Fsp3) is 0.318. The van der Waals surface area contributed by atoms with Crippen molar-refractivity contribution < 1.29 is 4.42 Å². The quantitative estimate of drug-likeness (QED) is 0.444. The highest BCUT2D eigenvalue weighted by atomic mass is 32.1. The molecule has 2 aromatic heterocycles. The summed E-state index contributed by atoms with van der Waals surface area (Å²) in [6.45, 7) is 5.31. The van der Waals surface area contributed by atoms with Crippen molar-refractivity contribution in [2.24, 2.45) is 4.99 Å². The molecule has 6 heteroatoms. The van der Waals surface area contributed by atoms with E-state index in [1.54, 1.807) is 24.6 Å². The molecule has 1 aromatic carbocycles. The van der Waals surface area contributed by atoms with Gasteiger partial charge in [0.05, 0.1) is 19.4 Å². The number of hydrogen-bond donors (Lipinski definition) is 2. The molecule has 2 N–H and O–H groups in total. The van der Waals surface area contributed by atoms with Crippen LogP contribution in [0.5, 0.6) is 0 Å². The molecule has 0 fully saturated rings. The highest BCUT2D eigenvalue weighted by Crippen LogP contribution is 2.15. The second kappa shape index (κ2) is 10.1. The fourth-order valence-corrected chi connectivity index (χ4v) is 3.89. The largest absolute Gasteiger partial charge is 0.468 e. The molecule has 148 valence electrons. The van der Waals surface area contributed by atoms with Crippen molar-refractivity contribution in [3.05, 3.63) is 81.4 Å². The van der Waals surface area contributed by atoms with Crippen LogP contribution >= 0.6 is 11.3 Å². The van der Waals surface area contributed by atoms with E-state index >= 15 is 0 Å². The van der Waals surface area contributed by atoms with E-state index in [1.165, 1.54) is 21.6 Å². The van der Waals surface area contributed by atoms with Crippen LogP contribution < -0.4 is 10.6 Å². The van der Waals surface area contributed by atoms with Crippen LogP contribution in [0.4, 0.5) is 0 Å². The third-order valence-corrected chi connectivity index (χ3v) is 5.64. The van der Waals surface area contributed by atoms with Gasteiger partial charge >= 0.3 is 0 Å². The van der Waals surface area contributed by atoms with Crippen LogP contribution in [-0.2, 0) is 26.2 Å². The molecule has 0 aliphatic rings. The van der Waals surface area contributed by atoms with Crippen LogP contribution in [0.2, 0.25) is 0 Å². The van der Waals surface area contributed by atoms with E-state index < -0.39 is 0 Å². The number of guanidine groups is 1. The van der Waals surface area contributed by atoms with Gasteiger partial charge in [0, 0.05) is 25.0 Å². The maximum Gasteiger partial charge on any atom is 0.191 e. The van der Waals surface area contributed by atoms with Crippen LogP contribution in [0.3, 0.4) is 0 Å². The summed E-state index contributed by atoms with van der Waals surface area (Å²) in [5, 5.41) is 8.96. The number of nitrogens with one attached hydrogen (secondary N) is 2. The predicted molar refractivity (Wildman–Crippen MR) is 116 cm³/mol. The van der Waals surface area contributed by atoms with Crippen molar-refractivity contribution in [1.82, 2.24) is 15.5 Å². The third-order valence-electron chi connectivity index (χ3n) is 4.62. The molecular formula is C22H28N4OS. The average Bonchev–Trinajstić information content (AvgIpc) is 3.34. The molecule has 0 aliphatic carbocycles. The maximum atomic E-state index is 5.45. The van der Waals surface area contributed by atoms with Crippen molar-refractivity contribution in [3.63, 3.8) is 0 Å². The summed E-state index contributed by atoms with van der Waals surface area (Å²) in [4.78, 5) is 7.94. The second-order valence-corrected chi connectivity index (χ2v) is 7.83. The molecule has 2 heterocycles. The van der Waals surface area contributed by atoms with Crippen molar-refractivity contribution >= 4 is 17.3 Å². The summed E-state index contributed by atoms with van der Waals surface area (Å²) < 4.78 is 5.45. The van der Waals surface area contributed by atoms with E-state index in [-0.39, 0.29) is 0 Å². The summed E-state index contributed by atoms with van der Waals surface area (Å²) in [5.41, 5.74) is 3.88. The molecule has 0 saturated heterocycles. The minimum atomic E-state index is 0.730. The lowest BCUT2D eigenvalue weighted by Gasteiger charge is -2.19. The minimum absolute atomic E-state index is 0.730. The lowest BCUT2D eigenvalue weighted by atomic mass is 10.1. The van der Waals surface area contributed by atoms with Gasteiger partial charge in [-0.3, -0.25) is 9.89 Å². The first-order chi connectivity index (χ1) is 13.7. The van der Waals surface area contributed by atoms with Gasteiger partial charge in [0.15, 0.2) is 5.96 Å². The predicted octanol–water partition coefficient (Wildman–Crippen LogP) is 4.15. The molecule has 0 atom stereocenters. The molecule has 0 amide bonds. The number of furan rings is 1. The summed E-state index contributed by atoms with van der Waals surface area (Å²) in [5.74, 6) is 1.79. The van der Waals surface area contributed by atoms with Gasteiger partial charge in [0.1, 0.15) is 5.76 Å². The molecular weight excluding hydrogens is 368 g/mol. The van der Waals surface area contributed by atoms with Crippen LogP contribution in [0.15, 0.2) is 63.5 Å². The molecule has 5 nitrogen and oxygen atoms in total. The molecule has 3 rings (SSSR count). The van der Waals surface area contributed by atoms with Gasteiger partial charge in [0.2, 0.25) is 0 Å². The number of hydrogen-bond acceptors (Lipinski definition) is 4. The lowest BCUT2D eigenvalue weighted by Crippen LogP contribution is -2.36. The van der Waals surface area contributed by atoms with Crippen molar-refractivity contribution in [1.29, 1.82) is 0 Å². The summed E-state index contributed by atoms with van der Waals surface area (Å²) in [6.07, 6.45) is 1.72. The Balaban J connectivity index is 1.55. The number of aliphatic imine (C=N–C) groups is 1. The SMILES string of the molecule is CN=C(NCc1ccccc1CN(C)Cc1ccco1)NCc1sccc1C. The second-order valence-electron chi connectivity index (χ2n) is 6.83. The number of thiophene rings is 1. The van der Waals surface area contributed by atoms with Gasteiger partial charge in [-0.1, -0.05) is 24.3 Å². The smallest absolute Gasteiger partial charge is 0.191 e. The monoisotopic (exact) mass is 396 g/mol. The van der Waals surface area contributed by atoms with Crippen molar-refractivity contribution in [2.75, 3.05) is 14.1 Å². The van der Waals surface area contributed by atoms with Gasteiger partial charge in [-0.25, -0.2) is 0 Å². The zero-order chi connectivity index (χ0) is 19.8. The Morgan fingerprint density at radius 1 is 1.04 bits per heavy atom. The fourth-order valence-electron chi connectivity index (χ4n) is 3.05. The standard InChI is InChI=1S/C22H28N4OS/c1-17-10-12-28-21(17)14-25-22(23-2)24-13-18-7-4-5-8-19(18)15-26(3)16-20-9-6-11-27-20/h4-12H,13-16H2,1-3H3,(H2,23,24,25). The number of aryl methyl sites for hydroxylation is 1. The van der Waals surface area contributed by atoms with E-state index in [4.69, 9.17) is 4.42 Å². The normalized spacial score (nSPS) is 11.8. The first-order valence-electron chi connectivity index (χ1n) is 9.41. The van der Waals surface area contributed by atoms with Gasteiger partial charge in [-0.15, -0.1) is 11.3 Å². The zero-order valence-corrected chi connectivity index (χ0v) is 17.6. The number of nitrogens with zero attached hydrogens (tertiary/aromatic N) is 2. The van der Waals surface area contributed by atoms with E-state index in [0.29, 0.717) is 0 Å². The molecule has 3 aromatic rings. The highest BCUT2D eigenvalue weighted by molar-refractivity contribution is 7.10. The Morgan fingerprint density at radius 3 is 2.50 bits per heavy atom. The van der Waals surface area contributed by atoms with E-state index in [2.05, 4.69) is 70.2 Å². The third kappa shape index (κ3) is 5.71. The van der Waals surface area contributed by atoms with Gasteiger partial charge in [-0.05, 0) is 54.2 Å². The van der Waals surface area contributed by atoms with Crippen LogP contribution in [-0.4, -0.2) is 25.0 Å². The topological polar surface area (TPSA) is 52.8 Å². The lowest BCUT2D eigenvalue weighted by molar-refractivity contribution is 0.287. The molecule has 0 bridgehead atoms. The maximum absolute atomic E-state index is 5.45. The van der Waals surface area contributed by atoms with Crippen molar-refractivity contribution in [2.45, 2.75) is 33.1 Å². The molecule has 0 aliphatic heterocycles. The summed E-state index contributed by atoms with van der Waals surface area (Å²) in [7, 11) is 3.91. The van der Waals surface area contributed by atoms with Gasteiger partial charge in [0.25, 0.3) is 0 Å². The van der Waals surface area contributed by atoms with E-state index in [9.17, 15) is 0 Å². The molecule has 0 unspecified atom stereocenters. The molecule has 0 radical (unpaired) electrons. The van der Waals surface area contributed by atoms with Crippen LogP contribution in [0.25, 0.3) is 0 Å². The summed E-state index contributed by atoms with van der Waals surface area (Å²) in [6, 6.07) is 14.6. The highest BCUT2D eigenvalue weighted by Gasteiger charge is 2.08. The van der Waals surface area contributed by atoms with E-state index in [1.807, 2.05) is 12.1 Å². The summed E-state index contributed by atoms with van der Waals surface area (Å²) >= 11 is 1.77. The molecule has 0 spiro atoms. The number of rotatable bonds is 8. The number of benzene rings is 1. The Kier molecular flexibility index (Phi) is 7.28. The average molecular weight is 397 g/mol. The zero-order valence-electron chi connectivity index (χ0n) is 16.7. The van der Waals surface area contributed by atoms with Crippen LogP contribution in [0.1, 0.15) is 27.3 Å². The Labute approximate surface area is 171 Å². The Bertz CT molecular complexity index is 886.